The Balaban J connectivity index is 1.56. The zero-order valence-corrected chi connectivity index (χ0v) is 16.0. The number of sulfonamides is 1. The van der Waals surface area contributed by atoms with Gasteiger partial charge in [-0.3, -0.25) is 5.32 Å². The van der Waals surface area contributed by atoms with E-state index >= 15 is 0 Å². The van der Waals surface area contributed by atoms with Crippen LogP contribution in [-0.2, 0) is 29.4 Å². The molecule has 0 bridgehead atoms. The third-order valence-corrected chi connectivity index (χ3v) is 6.00. The minimum Gasteiger partial charge on any atom is -0.477 e. The van der Waals surface area contributed by atoms with Crippen molar-refractivity contribution in [3.05, 3.63) is 17.5 Å². The molecule has 0 unspecified atom stereocenters. The van der Waals surface area contributed by atoms with Crippen LogP contribution in [-0.4, -0.2) is 40.6 Å². The number of fused-ring (bicyclic) bond motifs is 2. The predicted molar refractivity (Wildman–Crippen MR) is 96.3 cm³/mol. The van der Waals surface area contributed by atoms with Crippen LogP contribution in [0.5, 0.6) is 5.88 Å². The molecule has 146 valence electrons. The van der Waals surface area contributed by atoms with Gasteiger partial charge in [-0.15, -0.1) is 0 Å². The van der Waals surface area contributed by atoms with Gasteiger partial charge in [-0.1, -0.05) is 0 Å². The van der Waals surface area contributed by atoms with Crippen molar-refractivity contribution in [2.24, 2.45) is 0 Å². The van der Waals surface area contributed by atoms with E-state index < -0.39 is 16.1 Å². The van der Waals surface area contributed by atoms with Crippen molar-refractivity contribution in [3.8, 4) is 5.88 Å². The Bertz CT molecular complexity index is 991. The Hall–Kier alpha value is -2.56. The third kappa shape index (κ3) is 3.15. The fourth-order valence-corrected chi connectivity index (χ4v) is 4.44. The van der Waals surface area contributed by atoms with E-state index in [4.69, 9.17) is 4.74 Å². The second-order valence-corrected chi connectivity index (χ2v) is 8.62. The highest BCUT2D eigenvalue weighted by Gasteiger charge is 2.30. The molecule has 2 aromatic rings. The minimum absolute atomic E-state index is 0.0404. The first-order valence-corrected chi connectivity index (χ1v) is 10.5. The Morgan fingerprint density at radius 3 is 2.89 bits per heavy atom. The number of anilines is 1. The molecule has 2 N–H and O–H groups in total. The van der Waals surface area contributed by atoms with Gasteiger partial charge in [0, 0.05) is 24.6 Å². The molecule has 11 heteroatoms. The van der Waals surface area contributed by atoms with Crippen LogP contribution in [0.15, 0.2) is 11.1 Å². The van der Waals surface area contributed by atoms with Crippen molar-refractivity contribution in [1.29, 1.82) is 0 Å². The smallest absolute Gasteiger partial charge is 0.334 e. The number of rotatable bonds is 4. The minimum atomic E-state index is -4.11. The lowest BCUT2D eigenvalue weighted by molar-refractivity contribution is 0.224. The number of nitrogens with zero attached hydrogens (tertiary/aromatic N) is 4. The molecule has 0 spiro atoms. The molecular weight excluding hydrogens is 372 g/mol. The molecule has 1 aliphatic heterocycles. The lowest BCUT2D eigenvalue weighted by Gasteiger charge is -2.17. The van der Waals surface area contributed by atoms with Gasteiger partial charge >= 0.3 is 6.03 Å². The van der Waals surface area contributed by atoms with Gasteiger partial charge in [-0.05, 0) is 33.1 Å². The highest BCUT2D eigenvalue weighted by molar-refractivity contribution is 7.90. The van der Waals surface area contributed by atoms with Gasteiger partial charge in [-0.25, -0.2) is 27.3 Å². The van der Waals surface area contributed by atoms with E-state index in [2.05, 4.69) is 20.2 Å². The summed E-state index contributed by atoms with van der Waals surface area (Å²) in [5, 5.41) is 11.2. The van der Waals surface area contributed by atoms with Crippen molar-refractivity contribution in [3.63, 3.8) is 0 Å². The van der Waals surface area contributed by atoms with E-state index in [9.17, 15) is 13.2 Å². The number of hydrogen-bond donors (Lipinski definition) is 2. The summed E-state index contributed by atoms with van der Waals surface area (Å²) in [4.78, 5) is 12.3. The van der Waals surface area contributed by atoms with Crippen LogP contribution < -0.4 is 14.8 Å². The number of urea groups is 1. The molecule has 0 atom stereocenters. The molecule has 0 fully saturated rings. The summed E-state index contributed by atoms with van der Waals surface area (Å²) < 4.78 is 35.9. The lowest BCUT2D eigenvalue weighted by atomic mass is 10.2. The number of hydrogen-bond acceptors (Lipinski definition) is 6. The maximum atomic E-state index is 12.6. The van der Waals surface area contributed by atoms with E-state index in [1.165, 1.54) is 10.9 Å². The molecule has 2 amide bonds. The van der Waals surface area contributed by atoms with Gasteiger partial charge in [0.05, 0.1) is 18.5 Å². The zero-order valence-electron chi connectivity index (χ0n) is 15.2. The van der Waals surface area contributed by atoms with Gasteiger partial charge in [0.1, 0.15) is 5.82 Å². The fourth-order valence-electron chi connectivity index (χ4n) is 3.46. The summed E-state index contributed by atoms with van der Waals surface area (Å²) in [5.74, 6) is 0.716. The molecule has 0 aromatic carbocycles. The molecule has 27 heavy (non-hydrogen) atoms. The second kappa shape index (κ2) is 6.55. The van der Waals surface area contributed by atoms with Crippen LogP contribution in [0.25, 0.3) is 0 Å². The van der Waals surface area contributed by atoms with Crippen molar-refractivity contribution < 1.29 is 17.9 Å². The van der Waals surface area contributed by atoms with Crippen LogP contribution in [0.3, 0.4) is 0 Å². The number of ether oxygens (including phenoxy) is 1. The average molecular weight is 394 g/mol. The predicted octanol–water partition coefficient (Wildman–Crippen LogP) is 1.44. The van der Waals surface area contributed by atoms with Crippen molar-refractivity contribution >= 4 is 21.9 Å². The number of aromatic nitrogens is 4. The third-order valence-electron chi connectivity index (χ3n) is 4.68. The summed E-state index contributed by atoms with van der Waals surface area (Å²) in [6.45, 7) is 4.91. The van der Waals surface area contributed by atoms with Crippen LogP contribution in [0, 0.1) is 0 Å². The summed E-state index contributed by atoms with van der Waals surface area (Å²) in [6, 6.07) is -0.791. The van der Waals surface area contributed by atoms with Crippen LogP contribution in [0.2, 0.25) is 0 Å². The molecule has 0 saturated heterocycles. The summed E-state index contributed by atoms with van der Waals surface area (Å²) in [6.07, 6.45) is 4.61. The molecule has 0 saturated carbocycles. The number of amides is 2. The van der Waals surface area contributed by atoms with Gasteiger partial charge < -0.3 is 4.74 Å². The Labute approximate surface area is 156 Å². The number of aryl methyl sites for hydroxylation is 2. The normalized spacial score (nSPS) is 16.0. The standard InChI is InChI=1S/C16H22N6O4S/c1-10(2)22-14(11-5-3-6-12(11)19-22)18-16(23)20-27(24,25)13-9-17-21-7-4-8-26-15(13)21/h9-10H,3-8H2,1-2H3,(H2,18,20,23). The second-order valence-electron chi connectivity index (χ2n) is 6.96. The fraction of sp³-hybridized carbons (Fsp3) is 0.562. The topological polar surface area (TPSA) is 120 Å². The maximum absolute atomic E-state index is 12.6. The van der Waals surface area contributed by atoms with Gasteiger partial charge in [-0.2, -0.15) is 10.2 Å². The number of nitrogens with one attached hydrogen (secondary N) is 2. The highest BCUT2D eigenvalue weighted by atomic mass is 32.2. The summed E-state index contributed by atoms with van der Waals surface area (Å²) in [5.41, 5.74) is 1.93. The van der Waals surface area contributed by atoms with Crippen molar-refractivity contribution in [1.82, 2.24) is 24.3 Å². The first-order chi connectivity index (χ1) is 12.9. The van der Waals surface area contributed by atoms with E-state index in [-0.39, 0.29) is 16.8 Å². The van der Waals surface area contributed by atoms with Crippen molar-refractivity contribution in [2.75, 3.05) is 11.9 Å². The van der Waals surface area contributed by atoms with Gasteiger partial charge in [0.25, 0.3) is 10.0 Å². The first kappa shape index (κ1) is 17.8. The molecule has 2 aromatic heterocycles. The Morgan fingerprint density at radius 2 is 2.11 bits per heavy atom. The van der Waals surface area contributed by atoms with E-state index in [0.29, 0.717) is 19.0 Å². The SMILES string of the molecule is CC(C)n1nc2c(c1NC(=O)NS(=O)(=O)c1cnn3c1OCCC3)CCC2. The Morgan fingerprint density at radius 1 is 1.30 bits per heavy atom. The van der Waals surface area contributed by atoms with Gasteiger partial charge in [0.15, 0.2) is 4.90 Å². The quantitative estimate of drug-likeness (QED) is 0.810. The van der Waals surface area contributed by atoms with Crippen molar-refractivity contribution in [2.45, 2.75) is 57.0 Å². The highest BCUT2D eigenvalue weighted by Crippen LogP contribution is 2.31. The molecular formula is C16H22N6O4S. The molecule has 4 rings (SSSR count). The molecule has 1 aliphatic carbocycles. The maximum Gasteiger partial charge on any atom is 0.334 e. The van der Waals surface area contributed by atoms with E-state index in [1.54, 1.807) is 4.68 Å². The summed E-state index contributed by atoms with van der Waals surface area (Å²) in [7, 11) is -4.11. The first-order valence-electron chi connectivity index (χ1n) is 8.99. The van der Waals surface area contributed by atoms with Crippen LogP contribution in [0.4, 0.5) is 10.6 Å². The van der Waals surface area contributed by atoms with E-state index in [0.717, 1.165) is 36.9 Å². The number of carbonyl (C=O) groups excluding carboxylic acids is 1. The lowest BCUT2D eigenvalue weighted by Crippen LogP contribution is -2.35. The number of carbonyl (C=O) groups is 1. The molecule has 10 nitrogen and oxygen atoms in total. The largest absolute Gasteiger partial charge is 0.477 e. The Kier molecular flexibility index (Phi) is 4.33. The summed E-state index contributed by atoms with van der Waals surface area (Å²) >= 11 is 0. The molecule has 3 heterocycles. The zero-order chi connectivity index (χ0) is 19.2. The average Bonchev–Trinajstić information content (AvgIpc) is 3.29. The molecule has 0 radical (unpaired) electrons. The molecule has 2 aliphatic rings. The van der Waals surface area contributed by atoms with E-state index in [1.807, 2.05) is 13.8 Å². The monoisotopic (exact) mass is 394 g/mol. The van der Waals surface area contributed by atoms with Crippen LogP contribution >= 0.6 is 0 Å². The van der Waals surface area contributed by atoms with Crippen LogP contribution in [0.1, 0.15) is 44.0 Å². The van der Waals surface area contributed by atoms with Gasteiger partial charge in [0.2, 0.25) is 5.88 Å².